The Hall–Kier alpha value is -3.60. The maximum absolute atomic E-state index is 12.2. The molecule has 1 heterocycles. The fourth-order valence-electron chi connectivity index (χ4n) is 4.84. The Morgan fingerprint density at radius 3 is 2.53 bits per heavy atom. The van der Waals surface area contributed by atoms with E-state index in [1.165, 1.54) is 16.6 Å². The summed E-state index contributed by atoms with van der Waals surface area (Å²) < 4.78 is 8.60. The third-order valence-corrected chi connectivity index (χ3v) is 6.96. The van der Waals surface area contributed by atoms with E-state index in [-0.39, 0.29) is 5.91 Å². The fourth-order valence-corrected chi connectivity index (χ4v) is 4.84. The van der Waals surface area contributed by atoms with E-state index in [9.17, 15) is 4.79 Å². The minimum absolute atomic E-state index is 0.000740. The number of imidazole rings is 1. The minimum Gasteiger partial charge on any atom is -0.493 e. The first kappa shape index (κ1) is 27.4. The highest BCUT2D eigenvalue weighted by atomic mass is 16.5. The van der Waals surface area contributed by atoms with Crippen molar-refractivity contribution in [3.05, 3.63) is 95.3 Å². The molecule has 0 unspecified atom stereocenters. The minimum atomic E-state index is -0.000740. The van der Waals surface area contributed by atoms with Crippen LogP contribution in [0.2, 0.25) is 0 Å². The lowest BCUT2D eigenvalue weighted by atomic mass is 10.0. The number of ether oxygens (including phenoxy) is 1. The van der Waals surface area contributed by atoms with Crippen molar-refractivity contribution in [3.8, 4) is 5.75 Å². The molecule has 0 fully saturated rings. The van der Waals surface area contributed by atoms with Gasteiger partial charge in [-0.15, -0.1) is 0 Å². The highest BCUT2D eigenvalue weighted by Gasteiger charge is 2.11. The molecule has 0 aliphatic carbocycles. The normalized spacial score (nSPS) is 11.3. The van der Waals surface area contributed by atoms with Gasteiger partial charge in [0.05, 0.1) is 17.6 Å². The summed E-state index contributed by atoms with van der Waals surface area (Å²) in [5, 5.41) is 3.02. The molecular formula is C33H41N3O2. The van der Waals surface area contributed by atoms with Crippen molar-refractivity contribution >= 4 is 16.9 Å². The number of unbranched alkanes of at least 4 members (excludes halogenated alkanes) is 3. The van der Waals surface area contributed by atoms with Gasteiger partial charge in [0.25, 0.3) is 5.91 Å². The highest BCUT2D eigenvalue weighted by molar-refractivity contribution is 5.94. The molecule has 4 rings (SSSR count). The molecule has 1 aromatic heterocycles. The molecule has 0 aliphatic heterocycles. The van der Waals surface area contributed by atoms with E-state index in [1.807, 2.05) is 30.3 Å². The molecule has 1 amide bonds. The SMILES string of the molecule is Cc1ccc(C(C)C)c(OCCCCn2c(CCCCCNC(=O)c3ccccc3)nc3ccccc32)c1. The smallest absolute Gasteiger partial charge is 0.251 e. The zero-order valence-corrected chi connectivity index (χ0v) is 23.1. The standard InChI is InChI=1S/C33H41N3O2/c1-25(2)28-20-19-26(3)24-31(28)38-23-13-12-22-36-30-17-10-9-16-29(30)35-32(36)18-8-5-11-21-34-33(37)27-14-6-4-7-15-27/h4,6-7,9-10,14-17,19-20,24-25H,5,8,11-13,18,21-23H2,1-3H3,(H,34,37). The van der Waals surface area contributed by atoms with Crippen molar-refractivity contribution in [1.29, 1.82) is 0 Å². The van der Waals surface area contributed by atoms with Crippen molar-refractivity contribution in [3.63, 3.8) is 0 Å². The Bertz CT molecular complexity index is 1310. The van der Waals surface area contributed by atoms with Crippen molar-refractivity contribution in [1.82, 2.24) is 14.9 Å². The highest BCUT2D eigenvalue weighted by Crippen LogP contribution is 2.27. The van der Waals surface area contributed by atoms with Crippen LogP contribution in [0.15, 0.2) is 72.8 Å². The first-order chi connectivity index (χ1) is 18.5. The first-order valence-corrected chi connectivity index (χ1v) is 14.0. The summed E-state index contributed by atoms with van der Waals surface area (Å²) in [7, 11) is 0. The number of carbonyl (C=O) groups is 1. The molecular weight excluding hydrogens is 470 g/mol. The monoisotopic (exact) mass is 511 g/mol. The largest absolute Gasteiger partial charge is 0.493 e. The summed E-state index contributed by atoms with van der Waals surface area (Å²) in [6, 6.07) is 24.3. The van der Waals surface area contributed by atoms with E-state index in [0.717, 1.165) is 68.8 Å². The van der Waals surface area contributed by atoms with Crippen molar-refractivity contribution in [2.24, 2.45) is 0 Å². The number of nitrogens with one attached hydrogen (secondary N) is 1. The van der Waals surface area contributed by atoms with Gasteiger partial charge in [0.15, 0.2) is 0 Å². The molecule has 0 spiro atoms. The van der Waals surface area contributed by atoms with Crippen LogP contribution in [0.3, 0.4) is 0 Å². The van der Waals surface area contributed by atoms with E-state index in [1.54, 1.807) is 0 Å². The number of carbonyl (C=O) groups excluding carboxylic acids is 1. The number of aromatic nitrogens is 2. The molecule has 5 heteroatoms. The fraction of sp³-hybridized carbons (Fsp3) is 0.394. The number of rotatable bonds is 14. The molecule has 0 bridgehead atoms. The quantitative estimate of drug-likeness (QED) is 0.179. The number of para-hydroxylation sites is 2. The number of benzene rings is 3. The summed E-state index contributed by atoms with van der Waals surface area (Å²) in [5.41, 5.74) is 5.50. The molecule has 0 atom stereocenters. The Balaban J connectivity index is 1.24. The van der Waals surface area contributed by atoms with Gasteiger partial charge in [-0.05, 0) is 80.0 Å². The number of aryl methyl sites for hydroxylation is 3. The molecule has 5 nitrogen and oxygen atoms in total. The molecule has 0 radical (unpaired) electrons. The van der Waals surface area contributed by atoms with E-state index in [2.05, 4.69) is 73.1 Å². The maximum atomic E-state index is 12.2. The topological polar surface area (TPSA) is 56.1 Å². The van der Waals surface area contributed by atoms with Crippen molar-refractivity contribution in [2.75, 3.05) is 13.2 Å². The lowest BCUT2D eigenvalue weighted by molar-refractivity contribution is 0.0953. The molecule has 0 saturated heterocycles. The first-order valence-electron chi connectivity index (χ1n) is 14.0. The molecule has 0 aliphatic rings. The Morgan fingerprint density at radius 2 is 1.71 bits per heavy atom. The summed E-state index contributed by atoms with van der Waals surface area (Å²) in [4.78, 5) is 17.1. The van der Waals surface area contributed by atoms with Gasteiger partial charge in [0, 0.05) is 25.1 Å². The number of amides is 1. The second-order valence-corrected chi connectivity index (χ2v) is 10.4. The number of hydrogen-bond donors (Lipinski definition) is 1. The molecule has 1 N–H and O–H groups in total. The van der Waals surface area contributed by atoms with Gasteiger partial charge in [0.1, 0.15) is 11.6 Å². The summed E-state index contributed by atoms with van der Waals surface area (Å²) in [6.45, 7) is 8.90. The Morgan fingerprint density at radius 1 is 0.921 bits per heavy atom. The van der Waals surface area contributed by atoms with Gasteiger partial charge in [0.2, 0.25) is 0 Å². The summed E-state index contributed by atoms with van der Waals surface area (Å²) in [5.74, 6) is 2.62. The van der Waals surface area contributed by atoms with Gasteiger partial charge in [-0.2, -0.15) is 0 Å². The van der Waals surface area contributed by atoms with Crippen LogP contribution < -0.4 is 10.1 Å². The van der Waals surface area contributed by atoms with Crippen LogP contribution >= 0.6 is 0 Å². The number of fused-ring (bicyclic) bond motifs is 1. The second-order valence-electron chi connectivity index (χ2n) is 10.4. The predicted molar refractivity (Wildman–Crippen MR) is 156 cm³/mol. The molecule has 0 saturated carbocycles. The molecule has 38 heavy (non-hydrogen) atoms. The van der Waals surface area contributed by atoms with E-state index in [0.29, 0.717) is 18.0 Å². The lowest BCUT2D eigenvalue weighted by Gasteiger charge is -2.15. The van der Waals surface area contributed by atoms with Crippen LogP contribution in [0.4, 0.5) is 0 Å². The van der Waals surface area contributed by atoms with E-state index >= 15 is 0 Å². The average Bonchev–Trinajstić information content (AvgIpc) is 3.28. The van der Waals surface area contributed by atoms with Crippen molar-refractivity contribution in [2.45, 2.75) is 71.8 Å². The summed E-state index contributed by atoms with van der Waals surface area (Å²) in [6.07, 6.45) is 6.06. The van der Waals surface area contributed by atoms with Crippen LogP contribution in [0.25, 0.3) is 11.0 Å². The van der Waals surface area contributed by atoms with Crippen LogP contribution in [0.5, 0.6) is 5.75 Å². The molecule has 200 valence electrons. The Labute approximate surface area is 227 Å². The second kappa shape index (κ2) is 13.8. The number of hydrogen-bond acceptors (Lipinski definition) is 3. The van der Waals surface area contributed by atoms with Gasteiger partial charge < -0.3 is 14.6 Å². The Kier molecular flexibility index (Phi) is 9.97. The zero-order chi connectivity index (χ0) is 26.7. The van der Waals surface area contributed by atoms with Crippen LogP contribution in [-0.2, 0) is 13.0 Å². The van der Waals surface area contributed by atoms with Gasteiger partial charge in [-0.1, -0.05) is 62.7 Å². The van der Waals surface area contributed by atoms with Crippen molar-refractivity contribution < 1.29 is 9.53 Å². The predicted octanol–water partition coefficient (Wildman–Crippen LogP) is 7.47. The molecule has 4 aromatic rings. The number of nitrogens with zero attached hydrogens (tertiary/aromatic N) is 2. The van der Waals surface area contributed by atoms with E-state index in [4.69, 9.17) is 9.72 Å². The van der Waals surface area contributed by atoms with Gasteiger partial charge >= 0.3 is 0 Å². The summed E-state index contributed by atoms with van der Waals surface area (Å²) >= 11 is 0. The average molecular weight is 512 g/mol. The van der Waals surface area contributed by atoms with Crippen LogP contribution in [-0.4, -0.2) is 28.6 Å². The van der Waals surface area contributed by atoms with E-state index < -0.39 is 0 Å². The maximum Gasteiger partial charge on any atom is 0.251 e. The van der Waals surface area contributed by atoms with Gasteiger partial charge in [-0.25, -0.2) is 4.98 Å². The third kappa shape index (κ3) is 7.47. The third-order valence-electron chi connectivity index (χ3n) is 6.96. The lowest BCUT2D eigenvalue weighted by Crippen LogP contribution is -2.24. The molecule has 3 aromatic carbocycles. The zero-order valence-electron chi connectivity index (χ0n) is 23.1. The van der Waals surface area contributed by atoms with Gasteiger partial charge in [-0.3, -0.25) is 4.79 Å². The van der Waals surface area contributed by atoms with Crippen LogP contribution in [0, 0.1) is 6.92 Å². The van der Waals surface area contributed by atoms with Crippen LogP contribution in [0.1, 0.15) is 79.2 Å².